The van der Waals surface area contributed by atoms with Gasteiger partial charge in [-0.05, 0) is 29.2 Å². The summed E-state index contributed by atoms with van der Waals surface area (Å²) in [4.78, 5) is 0. The molecule has 0 nitrogen and oxygen atoms in total. The fourth-order valence-electron chi connectivity index (χ4n) is 1.91. The number of thiol groups is 1. The lowest BCUT2D eigenvalue weighted by atomic mass is 9.94. The van der Waals surface area contributed by atoms with Crippen molar-refractivity contribution in [3.05, 3.63) is 71.8 Å². The van der Waals surface area contributed by atoms with E-state index in [4.69, 9.17) is 0 Å². The number of benzene rings is 2. The van der Waals surface area contributed by atoms with Crippen molar-refractivity contribution in [1.29, 1.82) is 0 Å². The summed E-state index contributed by atoms with van der Waals surface area (Å²) in [5, 5.41) is 0. The third-order valence-electron chi connectivity index (χ3n) is 2.82. The molecule has 0 spiro atoms. The first kappa shape index (κ1) is 11.3. The summed E-state index contributed by atoms with van der Waals surface area (Å²) in [5.74, 6) is 1.39. The third-order valence-corrected chi connectivity index (χ3v) is 3.26. The van der Waals surface area contributed by atoms with Crippen molar-refractivity contribution >= 4 is 12.6 Å². The van der Waals surface area contributed by atoms with E-state index < -0.39 is 0 Å². The van der Waals surface area contributed by atoms with Crippen molar-refractivity contribution in [1.82, 2.24) is 0 Å². The zero-order valence-corrected chi connectivity index (χ0v) is 10.1. The van der Waals surface area contributed by atoms with Crippen molar-refractivity contribution < 1.29 is 0 Å². The molecule has 82 valence electrons. The van der Waals surface area contributed by atoms with Crippen LogP contribution in [0, 0.1) is 0 Å². The van der Waals surface area contributed by atoms with Gasteiger partial charge < -0.3 is 0 Å². The summed E-state index contributed by atoms with van der Waals surface area (Å²) < 4.78 is 0. The van der Waals surface area contributed by atoms with Crippen LogP contribution in [0.15, 0.2) is 60.7 Å². The molecule has 1 atom stereocenters. The van der Waals surface area contributed by atoms with Crippen LogP contribution in [-0.2, 0) is 6.42 Å². The monoisotopic (exact) mass is 228 g/mol. The van der Waals surface area contributed by atoms with Crippen molar-refractivity contribution in [3.63, 3.8) is 0 Å². The first-order valence-electron chi connectivity index (χ1n) is 5.60. The predicted molar refractivity (Wildman–Crippen MR) is 73.2 cm³/mol. The smallest absolute Gasteiger partial charge is 0.00257 e. The van der Waals surface area contributed by atoms with Crippen LogP contribution < -0.4 is 0 Å². The molecule has 0 heterocycles. The Morgan fingerprint density at radius 3 is 1.94 bits per heavy atom. The van der Waals surface area contributed by atoms with Crippen LogP contribution in [-0.4, -0.2) is 5.75 Å². The molecule has 0 unspecified atom stereocenters. The predicted octanol–water partition coefficient (Wildman–Crippen LogP) is 3.94. The van der Waals surface area contributed by atoms with Gasteiger partial charge in [-0.1, -0.05) is 60.7 Å². The van der Waals surface area contributed by atoms with E-state index >= 15 is 0 Å². The van der Waals surface area contributed by atoms with Gasteiger partial charge in [0.2, 0.25) is 0 Å². The van der Waals surface area contributed by atoms with Crippen molar-refractivity contribution in [2.45, 2.75) is 12.3 Å². The Balaban J connectivity index is 2.13. The Labute approximate surface area is 103 Å². The SMILES string of the molecule is SC[C@@H](Cc1ccccc1)c1ccccc1. The van der Waals surface area contributed by atoms with Gasteiger partial charge in [0.25, 0.3) is 0 Å². The topological polar surface area (TPSA) is 0 Å². The van der Waals surface area contributed by atoms with Gasteiger partial charge in [0.15, 0.2) is 0 Å². The van der Waals surface area contributed by atoms with Gasteiger partial charge in [-0.3, -0.25) is 0 Å². The number of rotatable bonds is 4. The lowest BCUT2D eigenvalue weighted by Gasteiger charge is -2.14. The van der Waals surface area contributed by atoms with Crippen molar-refractivity contribution in [2.24, 2.45) is 0 Å². The van der Waals surface area contributed by atoms with Gasteiger partial charge in [0.05, 0.1) is 0 Å². The summed E-state index contributed by atoms with van der Waals surface area (Å²) in [6.45, 7) is 0. The van der Waals surface area contributed by atoms with Crippen LogP contribution in [0.5, 0.6) is 0 Å². The highest BCUT2D eigenvalue weighted by Gasteiger charge is 2.09. The van der Waals surface area contributed by atoms with Gasteiger partial charge in [-0.25, -0.2) is 0 Å². The van der Waals surface area contributed by atoms with Crippen LogP contribution in [0.1, 0.15) is 17.0 Å². The highest BCUT2D eigenvalue weighted by atomic mass is 32.1. The zero-order valence-electron chi connectivity index (χ0n) is 9.21. The molecule has 1 heteroatoms. The molecule has 0 N–H and O–H groups in total. The first-order valence-corrected chi connectivity index (χ1v) is 6.23. The Morgan fingerprint density at radius 1 is 0.812 bits per heavy atom. The third kappa shape index (κ3) is 2.89. The minimum atomic E-state index is 0.506. The molecule has 2 rings (SSSR count). The zero-order chi connectivity index (χ0) is 11.2. The molecule has 0 amide bonds. The summed E-state index contributed by atoms with van der Waals surface area (Å²) >= 11 is 4.46. The molecule has 0 fully saturated rings. The summed E-state index contributed by atoms with van der Waals surface area (Å²) in [6.07, 6.45) is 1.06. The highest BCUT2D eigenvalue weighted by Crippen LogP contribution is 2.21. The van der Waals surface area contributed by atoms with E-state index in [9.17, 15) is 0 Å². The molecule has 0 aliphatic rings. The molecule has 0 saturated carbocycles. The Morgan fingerprint density at radius 2 is 1.38 bits per heavy atom. The van der Waals surface area contributed by atoms with Crippen LogP contribution in [0.4, 0.5) is 0 Å². The molecule has 0 saturated heterocycles. The second-order valence-electron chi connectivity index (χ2n) is 3.98. The quantitative estimate of drug-likeness (QED) is 0.753. The van der Waals surface area contributed by atoms with Crippen LogP contribution >= 0.6 is 12.6 Å². The Kier molecular flexibility index (Phi) is 4.06. The fourth-order valence-corrected chi connectivity index (χ4v) is 2.25. The molecule has 0 aliphatic heterocycles. The summed E-state index contributed by atoms with van der Waals surface area (Å²) in [7, 11) is 0. The van der Waals surface area contributed by atoms with Crippen molar-refractivity contribution in [3.8, 4) is 0 Å². The average molecular weight is 228 g/mol. The molecule has 0 radical (unpaired) electrons. The molecule has 0 bridgehead atoms. The van der Waals surface area contributed by atoms with Gasteiger partial charge in [-0.15, -0.1) is 0 Å². The maximum Gasteiger partial charge on any atom is -0.00257 e. The summed E-state index contributed by atoms with van der Waals surface area (Å²) in [5.41, 5.74) is 2.76. The van der Waals surface area contributed by atoms with E-state index in [0.29, 0.717) is 5.92 Å². The lowest BCUT2D eigenvalue weighted by molar-refractivity contribution is 0.773. The maximum atomic E-state index is 4.46. The second-order valence-corrected chi connectivity index (χ2v) is 4.35. The normalized spacial score (nSPS) is 12.3. The van der Waals surface area contributed by atoms with E-state index in [0.717, 1.165) is 12.2 Å². The highest BCUT2D eigenvalue weighted by molar-refractivity contribution is 7.80. The second kappa shape index (κ2) is 5.76. The van der Waals surface area contributed by atoms with Gasteiger partial charge in [0, 0.05) is 0 Å². The minimum Gasteiger partial charge on any atom is -0.179 e. The molecule has 2 aromatic rings. The Bertz CT molecular complexity index is 408. The minimum absolute atomic E-state index is 0.506. The molecular formula is C15H16S. The molecule has 0 aliphatic carbocycles. The number of hydrogen-bond donors (Lipinski definition) is 1. The van der Waals surface area contributed by atoms with Crippen molar-refractivity contribution in [2.75, 3.05) is 5.75 Å². The van der Waals surface area contributed by atoms with Crippen LogP contribution in [0.2, 0.25) is 0 Å². The molecule has 0 aromatic heterocycles. The lowest BCUT2D eigenvalue weighted by Crippen LogP contribution is -2.04. The average Bonchev–Trinajstić information content (AvgIpc) is 2.38. The first-order chi connectivity index (χ1) is 7.90. The van der Waals surface area contributed by atoms with E-state index in [1.54, 1.807) is 0 Å². The Hall–Kier alpha value is -1.21. The fraction of sp³-hybridized carbons (Fsp3) is 0.200. The molecule has 16 heavy (non-hydrogen) atoms. The van der Waals surface area contributed by atoms with Crippen LogP contribution in [0.25, 0.3) is 0 Å². The largest absolute Gasteiger partial charge is 0.179 e. The number of hydrogen-bond acceptors (Lipinski definition) is 1. The summed E-state index contributed by atoms with van der Waals surface area (Å²) in [6, 6.07) is 21.2. The van der Waals surface area contributed by atoms with Gasteiger partial charge >= 0.3 is 0 Å². The maximum absolute atomic E-state index is 4.46. The van der Waals surface area contributed by atoms with Crippen LogP contribution in [0.3, 0.4) is 0 Å². The van der Waals surface area contributed by atoms with E-state index in [1.165, 1.54) is 11.1 Å². The van der Waals surface area contributed by atoms with E-state index in [-0.39, 0.29) is 0 Å². The van der Waals surface area contributed by atoms with E-state index in [2.05, 4.69) is 73.3 Å². The van der Waals surface area contributed by atoms with Gasteiger partial charge in [-0.2, -0.15) is 12.6 Å². The van der Waals surface area contributed by atoms with Gasteiger partial charge in [0.1, 0.15) is 0 Å². The molecular weight excluding hydrogens is 212 g/mol. The van der Waals surface area contributed by atoms with E-state index in [1.807, 2.05) is 0 Å². The standard InChI is InChI=1S/C15H16S/c16-12-15(14-9-5-2-6-10-14)11-13-7-3-1-4-8-13/h1-10,15-16H,11-12H2/t15-/m1/s1. The molecule has 2 aromatic carbocycles.